The van der Waals surface area contributed by atoms with Gasteiger partial charge in [-0.05, 0) is 49.1 Å². The number of carbonyl (C=O) groups excluding carboxylic acids is 1. The van der Waals surface area contributed by atoms with Gasteiger partial charge in [-0.2, -0.15) is 0 Å². The van der Waals surface area contributed by atoms with Crippen LogP contribution in [0.1, 0.15) is 41.9 Å². The van der Waals surface area contributed by atoms with Crippen LogP contribution >= 0.6 is 24.8 Å². The third-order valence-corrected chi connectivity index (χ3v) is 5.12. The van der Waals surface area contributed by atoms with Crippen molar-refractivity contribution in [3.63, 3.8) is 0 Å². The minimum absolute atomic E-state index is 0. The van der Waals surface area contributed by atoms with Gasteiger partial charge in [0.25, 0.3) is 5.91 Å². The smallest absolute Gasteiger partial charge is 0.253 e. The molecule has 0 aliphatic heterocycles. The molecule has 1 atom stereocenters. The van der Waals surface area contributed by atoms with E-state index in [1.807, 2.05) is 61.1 Å². The zero-order chi connectivity index (χ0) is 21.0. The van der Waals surface area contributed by atoms with Crippen molar-refractivity contribution in [2.24, 2.45) is 11.7 Å². The lowest BCUT2D eigenvalue weighted by atomic mass is 10.0. The number of nitrogens with zero attached hydrogens (tertiary/aromatic N) is 3. The number of benzene rings is 1. The van der Waals surface area contributed by atoms with Crippen LogP contribution in [0.5, 0.6) is 5.75 Å². The molecule has 1 unspecified atom stereocenters. The minimum Gasteiger partial charge on any atom is -0.487 e. The number of imidazole rings is 1. The lowest BCUT2D eigenvalue weighted by Gasteiger charge is -2.21. The fourth-order valence-electron chi connectivity index (χ4n) is 3.10. The molecule has 2 heterocycles. The summed E-state index contributed by atoms with van der Waals surface area (Å²) in [6.07, 6.45) is 4.78. The first-order valence-corrected chi connectivity index (χ1v) is 10.0. The molecular weight excluding hydrogens is 435 g/mol. The quantitative estimate of drug-likeness (QED) is 0.529. The van der Waals surface area contributed by atoms with Crippen LogP contribution in [0.4, 0.5) is 0 Å². The Morgan fingerprint density at radius 2 is 1.94 bits per heavy atom. The third-order valence-electron chi connectivity index (χ3n) is 5.12. The van der Waals surface area contributed by atoms with Gasteiger partial charge in [-0.25, -0.2) is 4.98 Å². The Bertz CT molecular complexity index is 991. The standard InChI is InChI=1S/C23H30N4O2.2ClH/c1-16(2)21(24)10-11-26(4)23(28)18-6-5-7-20(12-18)29-15-19-14-27-13-17(3)8-9-22(27)25-19;;/h5-9,12-14,16,21H,10-11,15,24H2,1-4H3;2*1H. The number of hydrogen-bond acceptors (Lipinski definition) is 4. The second kappa shape index (κ2) is 11.9. The second-order valence-electron chi connectivity index (χ2n) is 7.94. The molecule has 0 radical (unpaired) electrons. The van der Waals surface area contributed by atoms with E-state index in [4.69, 9.17) is 10.5 Å². The molecule has 2 N–H and O–H groups in total. The van der Waals surface area contributed by atoms with E-state index in [0.29, 0.717) is 30.4 Å². The molecule has 170 valence electrons. The number of carbonyl (C=O) groups is 1. The summed E-state index contributed by atoms with van der Waals surface area (Å²) >= 11 is 0. The van der Waals surface area contributed by atoms with Gasteiger partial charge in [-0.15, -0.1) is 24.8 Å². The molecule has 2 aromatic heterocycles. The molecule has 0 bridgehead atoms. The number of aryl methyl sites for hydroxylation is 1. The average molecular weight is 467 g/mol. The molecule has 1 aromatic carbocycles. The highest BCUT2D eigenvalue weighted by atomic mass is 35.5. The van der Waals surface area contributed by atoms with Gasteiger partial charge in [-0.1, -0.05) is 26.0 Å². The number of aromatic nitrogens is 2. The van der Waals surface area contributed by atoms with E-state index in [0.717, 1.165) is 17.8 Å². The van der Waals surface area contributed by atoms with Gasteiger partial charge in [0, 0.05) is 37.6 Å². The third kappa shape index (κ3) is 7.13. The second-order valence-corrected chi connectivity index (χ2v) is 7.94. The van der Waals surface area contributed by atoms with E-state index < -0.39 is 0 Å². The lowest BCUT2D eigenvalue weighted by Crippen LogP contribution is -2.34. The topological polar surface area (TPSA) is 72.9 Å². The molecule has 8 heteroatoms. The number of hydrogen-bond donors (Lipinski definition) is 1. The Balaban J connectivity index is 0.00000240. The van der Waals surface area contributed by atoms with Crippen molar-refractivity contribution < 1.29 is 9.53 Å². The minimum atomic E-state index is -0.0328. The van der Waals surface area contributed by atoms with Crippen LogP contribution < -0.4 is 10.5 Å². The highest BCUT2D eigenvalue weighted by Crippen LogP contribution is 2.17. The average Bonchev–Trinajstić information content (AvgIpc) is 3.11. The van der Waals surface area contributed by atoms with Gasteiger partial charge in [0.15, 0.2) is 0 Å². The van der Waals surface area contributed by atoms with E-state index in [1.165, 1.54) is 5.56 Å². The highest BCUT2D eigenvalue weighted by molar-refractivity contribution is 5.94. The first kappa shape index (κ1) is 26.8. The van der Waals surface area contributed by atoms with Gasteiger partial charge < -0.3 is 19.8 Å². The molecule has 0 aliphatic rings. The van der Waals surface area contributed by atoms with Gasteiger partial charge in [0.1, 0.15) is 18.0 Å². The number of amides is 1. The predicted octanol–water partition coefficient (Wildman–Crippen LogP) is 4.51. The lowest BCUT2D eigenvalue weighted by molar-refractivity contribution is 0.0788. The number of halogens is 2. The Morgan fingerprint density at radius 3 is 2.65 bits per heavy atom. The van der Waals surface area contributed by atoms with E-state index in [1.54, 1.807) is 11.0 Å². The predicted molar refractivity (Wildman–Crippen MR) is 130 cm³/mol. The van der Waals surface area contributed by atoms with E-state index in [-0.39, 0.29) is 36.8 Å². The summed E-state index contributed by atoms with van der Waals surface area (Å²) in [5, 5.41) is 0. The summed E-state index contributed by atoms with van der Waals surface area (Å²) in [6, 6.07) is 11.4. The Labute approximate surface area is 196 Å². The van der Waals surface area contributed by atoms with Crippen LogP contribution in [0.2, 0.25) is 0 Å². The Morgan fingerprint density at radius 1 is 1.19 bits per heavy atom. The van der Waals surface area contributed by atoms with Gasteiger partial charge in [-0.3, -0.25) is 4.79 Å². The van der Waals surface area contributed by atoms with Gasteiger partial charge in [0.2, 0.25) is 0 Å². The zero-order valence-corrected chi connectivity index (χ0v) is 20.1. The van der Waals surface area contributed by atoms with Crippen LogP contribution in [-0.2, 0) is 6.61 Å². The van der Waals surface area contributed by atoms with Crippen LogP contribution in [0.15, 0.2) is 48.8 Å². The summed E-state index contributed by atoms with van der Waals surface area (Å²) in [5.41, 5.74) is 9.60. The molecule has 3 rings (SSSR count). The fraction of sp³-hybridized carbons (Fsp3) is 0.391. The van der Waals surface area contributed by atoms with Crippen molar-refractivity contribution in [3.8, 4) is 5.75 Å². The number of nitrogens with two attached hydrogens (primary N) is 1. The summed E-state index contributed by atoms with van der Waals surface area (Å²) in [7, 11) is 1.81. The Hall–Kier alpha value is -2.28. The molecule has 31 heavy (non-hydrogen) atoms. The molecule has 6 nitrogen and oxygen atoms in total. The van der Waals surface area contributed by atoms with E-state index >= 15 is 0 Å². The van der Waals surface area contributed by atoms with Gasteiger partial charge in [0.05, 0.1) is 5.69 Å². The van der Waals surface area contributed by atoms with Crippen LogP contribution in [0.3, 0.4) is 0 Å². The van der Waals surface area contributed by atoms with E-state index in [9.17, 15) is 4.79 Å². The van der Waals surface area contributed by atoms with Crippen LogP contribution in [0.25, 0.3) is 5.65 Å². The van der Waals surface area contributed by atoms with Crippen LogP contribution in [-0.4, -0.2) is 39.8 Å². The monoisotopic (exact) mass is 466 g/mol. The maximum atomic E-state index is 12.7. The fourth-order valence-corrected chi connectivity index (χ4v) is 3.10. The maximum Gasteiger partial charge on any atom is 0.253 e. The van der Waals surface area contributed by atoms with Crippen molar-refractivity contribution in [1.29, 1.82) is 0 Å². The first-order valence-electron chi connectivity index (χ1n) is 10.0. The number of rotatable bonds is 8. The van der Waals surface area contributed by atoms with Crippen molar-refractivity contribution >= 4 is 36.4 Å². The van der Waals surface area contributed by atoms with Crippen molar-refractivity contribution in [1.82, 2.24) is 14.3 Å². The summed E-state index contributed by atoms with van der Waals surface area (Å²) in [5.74, 6) is 1.02. The van der Waals surface area contributed by atoms with Crippen molar-refractivity contribution in [2.45, 2.75) is 39.8 Å². The molecule has 3 aromatic rings. The van der Waals surface area contributed by atoms with E-state index in [2.05, 4.69) is 18.8 Å². The van der Waals surface area contributed by atoms with Crippen molar-refractivity contribution in [3.05, 3.63) is 65.6 Å². The molecular formula is C23H32Cl2N4O2. The number of fused-ring (bicyclic) bond motifs is 1. The highest BCUT2D eigenvalue weighted by Gasteiger charge is 2.15. The van der Waals surface area contributed by atoms with Crippen LogP contribution in [0, 0.1) is 12.8 Å². The largest absolute Gasteiger partial charge is 0.487 e. The normalized spacial score (nSPS) is 11.5. The molecule has 0 spiro atoms. The molecule has 0 aliphatic carbocycles. The molecule has 1 amide bonds. The SMILES string of the molecule is Cc1ccc2nc(COc3cccc(C(=O)N(C)CCC(N)C(C)C)c3)cn2c1.Cl.Cl. The Kier molecular flexibility index (Phi) is 10.3. The molecule has 0 fully saturated rings. The number of pyridine rings is 1. The summed E-state index contributed by atoms with van der Waals surface area (Å²) < 4.78 is 7.88. The first-order chi connectivity index (χ1) is 13.8. The molecule has 0 saturated carbocycles. The maximum absolute atomic E-state index is 12.7. The van der Waals surface area contributed by atoms with Crippen molar-refractivity contribution in [2.75, 3.05) is 13.6 Å². The zero-order valence-electron chi connectivity index (χ0n) is 18.4. The number of ether oxygens (including phenoxy) is 1. The molecule has 0 saturated heterocycles. The summed E-state index contributed by atoms with van der Waals surface area (Å²) in [4.78, 5) is 19.0. The van der Waals surface area contributed by atoms with Gasteiger partial charge >= 0.3 is 0 Å². The summed E-state index contributed by atoms with van der Waals surface area (Å²) in [6.45, 7) is 7.21.